The van der Waals surface area contributed by atoms with E-state index in [2.05, 4.69) is 132 Å². The van der Waals surface area contributed by atoms with Gasteiger partial charge in [0.2, 0.25) is 33.2 Å². The summed E-state index contributed by atoms with van der Waals surface area (Å²) in [6.07, 6.45) is 17.3. The van der Waals surface area contributed by atoms with E-state index in [9.17, 15) is 8.42 Å². The monoisotopic (exact) mass is 1420 g/mol. The largest absolute Gasteiger partial charge is 1.00 e. The smallest absolute Gasteiger partial charge is 0.512 e. The van der Waals surface area contributed by atoms with Crippen molar-refractivity contribution < 1.29 is 64.5 Å². The molecule has 12 rings (SSSR count). The number of nitrogens with zero attached hydrogens (tertiary/aromatic N) is 20. The van der Waals surface area contributed by atoms with Crippen LogP contribution in [0.15, 0.2) is 152 Å². The Balaban J connectivity index is 0.000000211. The Bertz CT molecular complexity index is 4520. The van der Waals surface area contributed by atoms with Gasteiger partial charge < -0.3 is 37.4 Å². The van der Waals surface area contributed by atoms with Crippen molar-refractivity contribution in [3.05, 3.63) is 204 Å². The number of para-hydroxylation sites is 3. The van der Waals surface area contributed by atoms with Crippen molar-refractivity contribution in [1.29, 1.82) is 10.7 Å². The van der Waals surface area contributed by atoms with Crippen LogP contribution in [0.4, 0.5) is 23.8 Å². The molecule has 9 heterocycles. The third-order valence-corrected chi connectivity index (χ3v) is 14.3. The van der Waals surface area contributed by atoms with Gasteiger partial charge in [0, 0.05) is 79.8 Å². The van der Waals surface area contributed by atoms with E-state index in [1.165, 1.54) is 0 Å². The number of ether oxygens (including phenoxy) is 1. The Hall–Kier alpha value is -8.60. The molecule has 0 fully saturated rings. The van der Waals surface area contributed by atoms with Gasteiger partial charge in [0.15, 0.2) is 11.3 Å². The zero-order chi connectivity index (χ0) is 64.5. The van der Waals surface area contributed by atoms with Crippen LogP contribution in [0.3, 0.4) is 0 Å². The van der Waals surface area contributed by atoms with Crippen LogP contribution in [0.1, 0.15) is 105 Å². The van der Waals surface area contributed by atoms with Gasteiger partial charge in [-0.2, -0.15) is 59.1 Å². The summed E-state index contributed by atoms with van der Waals surface area (Å²) < 4.78 is 39.9. The Labute approximate surface area is 594 Å². The van der Waals surface area contributed by atoms with Crippen molar-refractivity contribution in [1.82, 2.24) is 88.1 Å². The number of alkyl halides is 1. The number of benzene rings is 3. The molecular formula is C61H67ClIKN24O3S. The van der Waals surface area contributed by atoms with Crippen LogP contribution in [-0.4, -0.2) is 120 Å². The zero-order valence-electron chi connectivity index (χ0n) is 52.3. The van der Waals surface area contributed by atoms with Crippen LogP contribution in [0, 0.1) is 23.8 Å². The van der Waals surface area contributed by atoms with E-state index < -0.39 is 9.84 Å². The van der Waals surface area contributed by atoms with Crippen molar-refractivity contribution in [2.75, 3.05) is 33.7 Å². The number of hydrogen-bond donors (Lipinski definition) is 4. The summed E-state index contributed by atoms with van der Waals surface area (Å²) in [5.74, 6) is 2.22. The molecule has 0 aliphatic rings. The Kier molecular flexibility index (Phi) is 26.9. The average Bonchev–Trinajstić information content (AvgIpc) is 1.64. The van der Waals surface area contributed by atoms with Crippen LogP contribution < -0.4 is 67.3 Å². The van der Waals surface area contributed by atoms with Gasteiger partial charge in [0.25, 0.3) is 17.0 Å². The van der Waals surface area contributed by atoms with Gasteiger partial charge in [-0.05, 0) is 82.7 Å². The summed E-state index contributed by atoms with van der Waals surface area (Å²) in [5, 5.41) is 50.2. The van der Waals surface area contributed by atoms with Crippen molar-refractivity contribution in [2.24, 2.45) is 0 Å². The summed E-state index contributed by atoms with van der Waals surface area (Å²) >= 11 is 2.15. The Morgan fingerprint density at radius 3 is 1.27 bits per heavy atom. The van der Waals surface area contributed by atoms with Crippen LogP contribution in [0.2, 0.25) is 0 Å². The minimum absolute atomic E-state index is 0. The molecule has 92 heavy (non-hydrogen) atoms. The number of halogens is 2. The van der Waals surface area contributed by atoms with Crippen molar-refractivity contribution >= 4 is 91.5 Å². The molecule has 31 heteroatoms. The predicted octanol–water partition coefficient (Wildman–Crippen LogP) is 8.03. The molecule has 0 unspecified atom stereocenters. The maximum absolute atomic E-state index is 12.1. The van der Waals surface area contributed by atoms with Crippen LogP contribution >= 0.6 is 35.0 Å². The topological polar surface area (TPSA) is 314 Å². The molecule has 3 aromatic carbocycles. The Morgan fingerprint density at radius 1 is 0.565 bits per heavy atom. The minimum atomic E-state index is -3.58. The molecule has 0 spiro atoms. The van der Waals surface area contributed by atoms with Gasteiger partial charge in [-0.1, -0.05) is 119 Å². The van der Waals surface area contributed by atoms with Gasteiger partial charge >= 0.3 is 57.3 Å². The van der Waals surface area contributed by atoms with E-state index in [1.807, 2.05) is 145 Å². The quantitative estimate of drug-likeness (QED) is 0.0158. The maximum Gasteiger partial charge on any atom is 1.00 e. The van der Waals surface area contributed by atoms with Crippen LogP contribution in [0.25, 0.3) is 38.8 Å². The van der Waals surface area contributed by atoms with E-state index in [-0.39, 0.29) is 104 Å². The fraction of sp³-hybridized carbons (Fsp3) is 0.262. The first-order valence-electron chi connectivity index (χ1n) is 28.2. The number of hydrogen-bond acceptors (Lipinski definition) is 20. The van der Waals surface area contributed by atoms with E-state index in [0.717, 1.165) is 56.7 Å². The molecule has 0 saturated heterocycles. The molecular weight excluding hydrogens is 1350 g/mol. The summed E-state index contributed by atoms with van der Waals surface area (Å²) in [6.45, 7) is 28.0. The second-order valence-electron chi connectivity index (χ2n) is 20.5. The van der Waals surface area contributed by atoms with E-state index >= 15 is 0 Å². The van der Waals surface area contributed by atoms with Gasteiger partial charge in [0.05, 0.1) is 42.3 Å². The summed E-state index contributed by atoms with van der Waals surface area (Å²) in [7, 11) is -3.58. The normalized spacial score (nSPS) is 10.8. The molecule has 0 saturated carbocycles. The molecule has 0 radical (unpaired) electrons. The standard InChI is InChI=1S/C21H24N8O.C19H18N8.C19H21N7O2S.CH3I.CN.ClH.K/c1-4-30-18(22)19-26-20-16(14(2)3)13-25-29(20)21(27-19)23-12-15-8-5-6-9-17(15)28-11-7-10-24-28;1-13(2)15-12-23-27-17(15)24-18(20-3)25-19(27)21-11-14-7-4-5-8-16(14)26-10-6-9-22-26;1-13(2)15-12-22-26-17(15)23-19(29(3,27)28)24-18(26)20-11-14-7-4-5-8-16(14)25-10-6-9-21-25;2*1-2;;/h5-11,13-14,22H,4,12H2,1-3H3,(H,23,26,27);4-10,12-13H,11H2,1-2H3,(H,21,24,25);4-10,12-13H,11H2,1-3H3,(H,20,23,24);1H3;;1H;/q;;;;-1;;+1. The van der Waals surface area contributed by atoms with E-state index in [4.69, 9.17) is 28.6 Å². The second kappa shape index (κ2) is 34.2. The number of rotatable bonds is 18. The SMILES string of the molecule is CC(C)c1cnn2c(NCc3ccccc3-n3cccn3)nc(S(C)(=O)=O)nc12.CCOC(=N)c1nc(NCc2ccccc2-n2cccn2)n2ncc(C(C)C)c2n1.CI.Cl.[C-]#N.[C-]#[N+]c1nc(NCc2ccccc2-n2cccn2)n2ncc(C(C)C)c2n1.[K+]. The fourth-order valence-electron chi connectivity index (χ4n) is 9.15. The van der Waals surface area contributed by atoms with Crippen molar-refractivity contribution in [3.8, 4) is 17.1 Å². The third kappa shape index (κ3) is 17.3. The number of aromatic nitrogens is 18. The van der Waals surface area contributed by atoms with E-state index in [0.29, 0.717) is 61.0 Å². The average molecular weight is 1420 g/mol. The van der Waals surface area contributed by atoms with Crippen molar-refractivity contribution in [3.63, 3.8) is 0 Å². The van der Waals surface area contributed by atoms with Crippen LogP contribution in [-0.2, 0) is 34.2 Å². The first kappa shape index (κ1) is 72.5. The molecule has 0 aliphatic carbocycles. The maximum atomic E-state index is 12.1. The molecule has 0 amide bonds. The second-order valence-corrected chi connectivity index (χ2v) is 22.4. The van der Waals surface area contributed by atoms with Gasteiger partial charge in [0.1, 0.15) is 0 Å². The molecule has 0 atom stereocenters. The molecule has 27 nitrogen and oxygen atoms in total. The minimum Gasteiger partial charge on any atom is -0.512 e. The molecule has 0 aliphatic heterocycles. The van der Waals surface area contributed by atoms with E-state index in [1.54, 1.807) is 55.4 Å². The van der Waals surface area contributed by atoms with Gasteiger partial charge in [-0.15, -0.1) is 28.9 Å². The molecule has 470 valence electrons. The summed E-state index contributed by atoms with van der Waals surface area (Å²) in [4.78, 5) is 31.5. The van der Waals surface area contributed by atoms with Gasteiger partial charge in [-0.25, -0.2) is 27.4 Å². The molecule has 9 aromatic heterocycles. The fourth-order valence-corrected chi connectivity index (χ4v) is 9.66. The molecule has 4 N–H and O–H groups in total. The number of sulfone groups is 1. The number of nitrogens with one attached hydrogen (secondary N) is 4. The summed E-state index contributed by atoms with van der Waals surface area (Å²) in [5.41, 5.74) is 10.6. The zero-order valence-corrected chi connectivity index (χ0v) is 59.2. The Morgan fingerprint density at radius 2 is 0.924 bits per heavy atom. The molecule has 0 bridgehead atoms. The number of fused-ring (bicyclic) bond motifs is 3. The third-order valence-electron chi connectivity index (χ3n) is 13.5. The first-order valence-corrected chi connectivity index (χ1v) is 32.3. The first-order chi connectivity index (χ1) is 43.6. The van der Waals surface area contributed by atoms with Crippen molar-refractivity contribution in [2.45, 2.75) is 91.0 Å². The van der Waals surface area contributed by atoms with Gasteiger partial charge in [-0.3, -0.25) is 5.41 Å². The van der Waals surface area contributed by atoms with Crippen LogP contribution in [0.5, 0.6) is 0 Å². The summed E-state index contributed by atoms with van der Waals surface area (Å²) in [6, 6.07) is 29.5. The predicted molar refractivity (Wildman–Crippen MR) is 357 cm³/mol. The number of anilines is 3. The molecule has 12 aromatic rings.